The summed E-state index contributed by atoms with van der Waals surface area (Å²) in [4.78, 5) is 0. The lowest BCUT2D eigenvalue weighted by Crippen LogP contribution is -2.14. The van der Waals surface area contributed by atoms with Crippen LogP contribution in [0.5, 0.6) is 0 Å². The van der Waals surface area contributed by atoms with Crippen LogP contribution in [0.25, 0.3) is 0 Å². The molecule has 1 fully saturated rings. The van der Waals surface area contributed by atoms with Crippen LogP contribution in [0.1, 0.15) is 39.7 Å². The average molecular weight is 341 g/mol. The van der Waals surface area contributed by atoms with E-state index in [4.69, 9.17) is 14.2 Å². The summed E-state index contributed by atoms with van der Waals surface area (Å²) in [6.45, 7) is 7.98. The summed E-state index contributed by atoms with van der Waals surface area (Å²) in [5, 5.41) is 3.53. The molecule has 0 spiro atoms. The molecule has 2 aromatic rings. The average Bonchev–Trinajstić information content (AvgIpc) is 3.14. The number of hydrogen-bond acceptors (Lipinski definition) is 4. The number of methoxy groups -OCH3 is 1. The lowest BCUT2D eigenvalue weighted by molar-refractivity contribution is -0.0445. The van der Waals surface area contributed by atoms with Gasteiger partial charge < -0.3 is 19.5 Å². The third-order valence-corrected chi connectivity index (χ3v) is 4.58. The third kappa shape index (κ3) is 4.67. The van der Waals surface area contributed by atoms with Gasteiger partial charge in [0.2, 0.25) is 0 Å². The van der Waals surface area contributed by atoms with Crippen LogP contribution < -0.4 is 5.32 Å². The minimum Gasteiger partial charge on any atom is -0.380 e. The largest absolute Gasteiger partial charge is 0.380 e. The molecule has 134 valence electrons. The molecule has 0 amide bonds. The predicted molar refractivity (Wildman–Crippen MR) is 98.3 cm³/mol. The highest BCUT2D eigenvalue weighted by Gasteiger charge is 2.20. The summed E-state index contributed by atoms with van der Waals surface area (Å²) in [6, 6.07) is 13.0. The number of benzene rings is 2. The minimum atomic E-state index is -0.202. The SMILES string of the molecule is COCc1ccc(CNCc2cc(C)c(C3OCCO3)cc2C)cc1. The van der Waals surface area contributed by atoms with Gasteiger partial charge >= 0.3 is 0 Å². The van der Waals surface area contributed by atoms with E-state index in [1.165, 1.54) is 27.8 Å². The van der Waals surface area contributed by atoms with E-state index >= 15 is 0 Å². The number of nitrogens with one attached hydrogen (secondary N) is 1. The maximum Gasteiger partial charge on any atom is 0.184 e. The molecule has 25 heavy (non-hydrogen) atoms. The summed E-state index contributed by atoms with van der Waals surface area (Å²) in [5.74, 6) is 0. The van der Waals surface area contributed by atoms with E-state index in [2.05, 4.69) is 55.6 Å². The molecule has 1 N–H and O–H groups in total. The summed E-state index contributed by atoms with van der Waals surface area (Å²) in [6.07, 6.45) is -0.202. The normalized spacial score (nSPS) is 15.0. The Morgan fingerprint density at radius 2 is 1.64 bits per heavy atom. The van der Waals surface area contributed by atoms with Crippen LogP contribution in [-0.4, -0.2) is 20.3 Å². The van der Waals surface area contributed by atoms with Gasteiger partial charge in [0.1, 0.15) is 0 Å². The third-order valence-electron chi connectivity index (χ3n) is 4.58. The van der Waals surface area contributed by atoms with Crippen LogP contribution in [-0.2, 0) is 33.9 Å². The summed E-state index contributed by atoms with van der Waals surface area (Å²) < 4.78 is 16.4. The number of hydrogen-bond donors (Lipinski definition) is 1. The maximum absolute atomic E-state index is 5.63. The topological polar surface area (TPSA) is 39.7 Å². The molecule has 1 heterocycles. The molecule has 0 saturated carbocycles. The highest BCUT2D eigenvalue weighted by atomic mass is 16.7. The Morgan fingerprint density at radius 3 is 2.32 bits per heavy atom. The zero-order valence-corrected chi connectivity index (χ0v) is 15.3. The van der Waals surface area contributed by atoms with Crippen molar-refractivity contribution in [2.24, 2.45) is 0 Å². The second-order valence-electron chi connectivity index (χ2n) is 6.56. The Labute approximate surface area is 150 Å². The van der Waals surface area contributed by atoms with E-state index in [1.807, 2.05) is 0 Å². The molecule has 0 atom stereocenters. The maximum atomic E-state index is 5.63. The Bertz CT molecular complexity index is 691. The summed E-state index contributed by atoms with van der Waals surface area (Å²) >= 11 is 0. The molecular formula is C21H27NO3. The van der Waals surface area contributed by atoms with Gasteiger partial charge in [0.05, 0.1) is 19.8 Å². The molecule has 0 radical (unpaired) electrons. The van der Waals surface area contributed by atoms with E-state index in [0.29, 0.717) is 19.8 Å². The van der Waals surface area contributed by atoms with E-state index in [1.54, 1.807) is 7.11 Å². The van der Waals surface area contributed by atoms with Crippen LogP contribution >= 0.6 is 0 Å². The molecule has 3 rings (SSSR count). The smallest absolute Gasteiger partial charge is 0.184 e. The van der Waals surface area contributed by atoms with Gasteiger partial charge in [-0.25, -0.2) is 0 Å². The zero-order valence-electron chi connectivity index (χ0n) is 15.3. The van der Waals surface area contributed by atoms with Crippen molar-refractivity contribution in [3.05, 3.63) is 69.8 Å². The van der Waals surface area contributed by atoms with Crippen molar-refractivity contribution in [1.29, 1.82) is 0 Å². The molecule has 0 aliphatic carbocycles. The molecule has 4 nitrogen and oxygen atoms in total. The van der Waals surface area contributed by atoms with Crippen LogP contribution in [0.15, 0.2) is 36.4 Å². The molecule has 0 unspecified atom stereocenters. The first-order valence-corrected chi connectivity index (χ1v) is 8.78. The van der Waals surface area contributed by atoms with Gasteiger partial charge in [-0.1, -0.05) is 36.4 Å². The van der Waals surface area contributed by atoms with Crippen molar-refractivity contribution in [3.63, 3.8) is 0 Å². The van der Waals surface area contributed by atoms with Crippen molar-refractivity contribution in [2.45, 2.75) is 39.8 Å². The van der Waals surface area contributed by atoms with Gasteiger partial charge in [0.15, 0.2) is 6.29 Å². The van der Waals surface area contributed by atoms with Crippen molar-refractivity contribution < 1.29 is 14.2 Å². The minimum absolute atomic E-state index is 0.202. The molecule has 0 aromatic heterocycles. The van der Waals surface area contributed by atoms with Gasteiger partial charge in [-0.15, -0.1) is 0 Å². The first-order chi connectivity index (χ1) is 12.2. The van der Waals surface area contributed by atoms with Crippen molar-refractivity contribution in [3.8, 4) is 0 Å². The second kappa shape index (κ2) is 8.59. The molecular weight excluding hydrogens is 314 g/mol. The highest BCUT2D eigenvalue weighted by molar-refractivity contribution is 5.38. The fraction of sp³-hybridized carbons (Fsp3) is 0.429. The van der Waals surface area contributed by atoms with Crippen LogP contribution in [0.4, 0.5) is 0 Å². The predicted octanol–water partition coefficient (Wildman–Crippen LogP) is 3.79. The lowest BCUT2D eigenvalue weighted by atomic mass is 9.99. The van der Waals surface area contributed by atoms with Gasteiger partial charge in [0.25, 0.3) is 0 Å². The first kappa shape index (κ1) is 18.1. The Balaban J connectivity index is 1.58. The fourth-order valence-corrected chi connectivity index (χ4v) is 3.14. The number of aryl methyl sites for hydroxylation is 2. The van der Waals surface area contributed by atoms with E-state index in [0.717, 1.165) is 18.7 Å². The molecule has 2 aromatic carbocycles. The lowest BCUT2D eigenvalue weighted by Gasteiger charge is -2.16. The molecule has 1 aliphatic heterocycles. The van der Waals surface area contributed by atoms with E-state index in [-0.39, 0.29) is 6.29 Å². The molecule has 4 heteroatoms. The second-order valence-corrected chi connectivity index (χ2v) is 6.56. The summed E-state index contributed by atoms with van der Waals surface area (Å²) in [5.41, 5.74) is 7.42. The first-order valence-electron chi connectivity index (χ1n) is 8.78. The van der Waals surface area contributed by atoms with Crippen molar-refractivity contribution in [2.75, 3.05) is 20.3 Å². The molecule has 1 aliphatic rings. The Morgan fingerprint density at radius 1 is 0.960 bits per heavy atom. The quantitative estimate of drug-likeness (QED) is 0.832. The van der Waals surface area contributed by atoms with Crippen LogP contribution in [0.3, 0.4) is 0 Å². The van der Waals surface area contributed by atoms with Gasteiger partial charge in [-0.05, 0) is 41.7 Å². The molecule has 1 saturated heterocycles. The Kier molecular flexibility index (Phi) is 6.21. The van der Waals surface area contributed by atoms with E-state index in [9.17, 15) is 0 Å². The number of ether oxygens (including phenoxy) is 3. The van der Waals surface area contributed by atoms with Gasteiger partial charge in [0, 0.05) is 25.8 Å². The highest BCUT2D eigenvalue weighted by Crippen LogP contribution is 2.28. The van der Waals surface area contributed by atoms with Crippen molar-refractivity contribution >= 4 is 0 Å². The van der Waals surface area contributed by atoms with Gasteiger partial charge in [-0.3, -0.25) is 0 Å². The molecule has 0 bridgehead atoms. The zero-order chi connectivity index (χ0) is 17.6. The Hall–Kier alpha value is -1.72. The monoisotopic (exact) mass is 341 g/mol. The number of rotatable bonds is 7. The van der Waals surface area contributed by atoms with Crippen LogP contribution in [0, 0.1) is 13.8 Å². The standard InChI is InChI=1S/C21H27NO3/c1-15-11-20(21-24-8-9-25-21)16(2)10-19(15)13-22-12-17-4-6-18(7-5-17)14-23-3/h4-7,10-11,21-22H,8-9,12-14H2,1-3H3. The van der Waals surface area contributed by atoms with Crippen molar-refractivity contribution in [1.82, 2.24) is 5.32 Å². The van der Waals surface area contributed by atoms with Crippen LogP contribution in [0.2, 0.25) is 0 Å². The summed E-state index contributed by atoms with van der Waals surface area (Å²) in [7, 11) is 1.72. The fourth-order valence-electron chi connectivity index (χ4n) is 3.14. The van der Waals surface area contributed by atoms with Gasteiger partial charge in [-0.2, -0.15) is 0 Å². The van der Waals surface area contributed by atoms with E-state index < -0.39 is 0 Å².